The molecule has 0 radical (unpaired) electrons. The van der Waals surface area contributed by atoms with E-state index in [1.54, 1.807) is 19.1 Å². The smallest absolute Gasteiger partial charge is 0.317 e. The Morgan fingerprint density at radius 1 is 1.03 bits per heavy atom. The zero-order valence-electron chi connectivity index (χ0n) is 19.3. The van der Waals surface area contributed by atoms with E-state index in [1.807, 2.05) is 30.3 Å². The Kier molecular flexibility index (Phi) is 6.24. The van der Waals surface area contributed by atoms with E-state index in [1.165, 1.54) is 16.4 Å². The molecule has 0 N–H and O–H groups in total. The molecule has 1 fully saturated rings. The van der Waals surface area contributed by atoms with Crippen LogP contribution >= 0.6 is 0 Å². The number of carbonyl (C=O) groups excluding carboxylic acids is 1. The molecule has 0 bridgehead atoms. The van der Waals surface area contributed by atoms with E-state index in [0.29, 0.717) is 36.2 Å². The summed E-state index contributed by atoms with van der Waals surface area (Å²) in [5, 5.41) is 3.82. The van der Waals surface area contributed by atoms with Crippen LogP contribution in [0.3, 0.4) is 0 Å². The number of nitrogens with zero attached hydrogens (tertiary/aromatic N) is 2. The van der Waals surface area contributed by atoms with E-state index in [2.05, 4.69) is 5.16 Å². The second kappa shape index (κ2) is 9.35. The molecule has 9 nitrogen and oxygen atoms in total. The lowest BCUT2D eigenvalue weighted by molar-refractivity contribution is -0.154. The normalized spacial score (nSPS) is 17.6. The fourth-order valence-corrected chi connectivity index (χ4v) is 6.03. The molecule has 0 amide bonds. The number of rotatable bonds is 6. The third kappa shape index (κ3) is 4.51. The summed E-state index contributed by atoms with van der Waals surface area (Å²) in [4.78, 5) is 13.5. The Labute approximate surface area is 203 Å². The number of hydrogen-bond donors (Lipinski definition) is 0. The Morgan fingerprint density at radius 3 is 2.43 bits per heavy atom. The quantitative estimate of drug-likeness (QED) is 0.477. The summed E-state index contributed by atoms with van der Waals surface area (Å²) in [7, 11) is -3.78. The highest BCUT2D eigenvalue weighted by Gasteiger charge is 2.46. The van der Waals surface area contributed by atoms with Gasteiger partial charge >= 0.3 is 5.97 Å². The van der Waals surface area contributed by atoms with Gasteiger partial charge in [-0.1, -0.05) is 35.5 Å². The minimum Gasteiger partial charge on any atom is -0.486 e. The van der Waals surface area contributed by atoms with Crippen molar-refractivity contribution in [2.45, 2.75) is 36.7 Å². The molecule has 1 saturated heterocycles. The van der Waals surface area contributed by atoms with Crippen molar-refractivity contribution in [2.24, 2.45) is 0 Å². The van der Waals surface area contributed by atoms with E-state index in [4.69, 9.17) is 18.7 Å². The van der Waals surface area contributed by atoms with Crippen LogP contribution in [0.25, 0.3) is 0 Å². The van der Waals surface area contributed by atoms with Crippen LogP contribution in [0.4, 0.5) is 0 Å². The average Bonchev–Trinajstić information content (AvgIpc) is 3.32. The number of fused-ring (bicyclic) bond motifs is 1. The van der Waals surface area contributed by atoms with Crippen LogP contribution in [0.2, 0.25) is 0 Å². The molecule has 3 aromatic rings. The molecule has 5 rings (SSSR count). The Morgan fingerprint density at radius 2 is 1.74 bits per heavy atom. The number of sulfonamides is 1. The van der Waals surface area contributed by atoms with Crippen molar-refractivity contribution in [1.82, 2.24) is 9.46 Å². The van der Waals surface area contributed by atoms with Gasteiger partial charge in [0.2, 0.25) is 10.0 Å². The minimum atomic E-state index is -3.78. The van der Waals surface area contributed by atoms with E-state index >= 15 is 0 Å². The topological polar surface area (TPSA) is 108 Å². The molecule has 10 heteroatoms. The third-order valence-electron chi connectivity index (χ3n) is 6.47. The van der Waals surface area contributed by atoms with E-state index < -0.39 is 21.4 Å². The molecule has 184 valence electrons. The third-order valence-corrected chi connectivity index (χ3v) is 8.36. The first-order valence-electron chi connectivity index (χ1n) is 11.4. The van der Waals surface area contributed by atoms with Gasteiger partial charge in [0, 0.05) is 25.2 Å². The first-order valence-corrected chi connectivity index (χ1v) is 12.9. The van der Waals surface area contributed by atoms with Gasteiger partial charge < -0.3 is 18.7 Å². The summed E-state index contributed by atoms with van der Waals surface area (Å²) in [6, 6.07) is 15.7. The predicted octanol–water partition coefficient (Wildman–Crippen LogP) is 3.22. The van der Waals surface area contributed by atoms with Gasteiger partial charge in [-0.15, -0.1) is 0 Å². The Balaban J connectivity index is 1.36. The number of carbonyl (C=O) groups is 1. The summed E-state index contributed by atoms with van der Waals surface area (Å²) in [6.07, 6.45) is 0.574. The van der Waals surface area contributed by atoms with Crippen molar-refractivity contribution >= 4 is 16.0 Å². The standard InChI is InChI=1S/C25H26N2O7S/c1-18-15-20(34-26-18)17-33-24(28)25(19-5-3-2-4-6-19)9-11-27(12-10-25)35(29,30)21-7-8-22-23(16-21)32-14-13-31-22/h2-8,15-16H,9-14,17H2,1H3. The van der Waals surface area contributed by atoms with Crippen molar-refractivity contribution in [3.8, 4) is 11.5 Å². The van der Waals surface area contributed by atoms with E-state index in [-0.39, 0.29) is 37.4 Å². The summed E-state index contributed by atoms with van der Waals surface area (Å²) in [6.45, 7) is 2.89. The summed E-state index contributed by atoms with van der Waals surface area (Å²) >= 11 is 0. The van der Waals surface area contributed by atoms with Crippen molar-refractivity contribution in [3.05, 3.63) is 71.6 Å². The molecule has 0 saturated carbocycles. The maximum atomic E-state index is 13.4. The van der Waals surface area contributed by atoms with Crippen LogP contribution < -0.4 is 9.47 Å². The zero-order chi connectivity index (χ0) is 24.5. The Bertz CT molecular complexity index is 1310. The molecule has 3 heterocycles. The number of benzene rings is 2. The second-order valence-electron chi connectivity index (χ2n) is 8.67. The van der Waals surface area contributed by atoms with Gasteiger partial charge in [0.25, 0.3) is 0 Å². The highest BCUT2D eigenvalue weighted by molar-refractivity contribution is 7.89. The van der Waals surface area contributed by atoms with Gasteiger partial charge in [-0.25, -0.2) is 8.42 Å². The van der Waals surface area contributed by atoms with Gasteiger partial charge in [-0.2, -0.15) is 4.31 Å². The van der Waals surface area contributed by atoms with Gasteiger partial charge in [-0.05, 0) is 37.5 Å². The van der Waals surface area contributed by atoms with Gasteiger partial charge in [0.1, 0.15) is 13.2 Å². The van der Waals surface area contributed by atoms with Crippen molar-refractivity contribution in [1.29, 1.82) is 0 Å². The zero-order valence-corrected chi connectivity index (χ0v) is 20.1. The predicted molar refractivity (Wildman–Crippen MR) is 125 cm³/mol. The van der Waals surface area contributed by atoms with E-state index in [9.17, 15) is 13.2 Å². The lowest BCUT2D eigenvalue weighted by atomic mass is 9.73. The molecule has 0 unspecified atom stereocenters. The molecule has 1 aromatic heterocycles. The molecule has 2 aromatic carbocycles. The van der Waals surface area contributed by atoms with Crippen molar-refractivity contribution < 1.29 is 31.9 Å². The van der Waals surface area contributed by atoms with Crippen LogP contribution in [0.5, 0.6) is 11.5 Å². The van der Waals surface area contributed by atoms with Gasteiger partial charge in [-0.3, -0.25) is 4.79 Å². The number of aryl methyl sites for hydroxylation is 1. The van der Waals surface area contributed by atoms with Crippen LogP contribution in [0.1, 0.15) is 29.9 Å². The number of hydrogen-bond acceptors (Lipinski definition) is 8. The molecular weight excluding hydrogens is 472 g/mol. The molecule has 2 aliphatic heterocycles. The van der Waals surface area contributed by atoms with Gasteiger partial charge in [0.15, 0.2) is 23.9 Å². The first-order chi connectivity index (χ1) is 16.9. The van der Waals surface area contributed by atoms with Crippen LogP contribution in [0, 0.1) is 6.92 Å². The minimum absolute atomic E-state index is 0.0343. The number of piperidine rings is 1. The molecule has 0 aliphatic carbocycles. The monoisotopic (exact) mass is 498 g/mol. The number of esters is 1. The van der Waals surface area contributed by atoms with Crippen LogP contribution in [0.15, 0.2) is 64.0 Å². The second-order valence-corrected chi connectivity index (χ2v) is 10.6. The van der Waals surface area contributed by atoms with Crippen molar-refractivity contribution in [2.75, 3.05) is 26.3 Å². The summed E-state index contributed by atoms with van der Waals surface area (Å²) in [5.74, 6) is 0.993. The lowest BCUT2D eigenvalue weighted by Gasteiger charge is -2.39. The van der Waals surface area contributed by atoms with E-state index in [0.717, 1.165) is 5.56 Å². The molecule has 0 spiro atoms. The maximum Gasteiger partial charge on any atom is 0.317 e. The van der Waals surface area contributed by atoms with Crippen molar-refractivity contribution in [3.63, 3.8) is 0 Å². The number of ether oxygens (including phenoxy) is 3. The largest absolute Gasteiger partial charge is 0.486 e. The summed E-state index contributed by atoms with van der Waals surface area (Å²) < 4.78 is 50.0. The first kappa shape index (κ1) is 23.4. The average molecular weight is 499 g/mol. The van der Waals surface area contributed by atoms with Crippen LogP contribution in [-0.4, -0.2) is 50.2 Å². The Hall–Kier alpha value is -3.37. The molecule has 2 aliphatic rings. The van der Waals surface area contributed by atoms with Crippen LogP contribution in [-0.2, 0) is 31.6 Å². The van der Waals surface area contributed by atoms with Gasteiger partial charge in [0.05, 0.1) is 16.0 Å². The molecule has 0 atom stereocenters. The lowest BCUT2D eigenvalue weighted by Crippen LogP contribution is -2.49. The fraction of sp³-hybridized carbons (Fsp3) is 0.360. The SMILES string of the molecule is Cc1cc(COC(=O)C2(c3ccccc3)CCN(S(=O)(=O)c3ccc4c(c3)OCCO4)CC2)on1. The maximum absolute atomic E-state index is 13.4. The number of aromatic nitrogens is 1. The molecular formula is C25H26N2O7S. The molecule has 35 heavy (non-hydrogen) atoms. The highest BCUT2D eigenvalue weighted by atomic mass is 32.2. The fourth-order valence-electron chi connectivity index (χ4n) is 4.57. The highest BCUT2D eigenvalue weighted by Crippen LogP contribution is 2.40. The summed E-state index contributed by atoms with van der Waals surface area (Å²) in [5.41, 5.74) is 0.538.